The quantitative estimate of drug-likeness (QED) is 0.752. The lowest BCUT2D eigenvalue weighted by Gasteiger charge is -2.11. The van der Waals surface area contributed by atoms with Gasteiger partial charge < -0.3 is 10.5 Å². The van der Waals surface area contributed by atoms with Crippen LogP contribution in [0.3, 0.4) is 0 Å². The third-order valence-electron chi connectivity index (χ3n) is 1.91. The van der Waals surface area contributed by atoms with Crippen LogP contribution in [0.5, 0.6) is 5.75 Å². The van der Waals surface area contributed by atoms with Crippen molar-refractivity contribution in [2.24, 2.45) is 0 Å². The second-order valence-electron chi connectivity index (χ2n) is 2.75. The molecule has 0 aliphatic rings. The second kappa shape index (κ2) is 3.35. The monoisotopic (exact) mass is 229 g/mol. The van der Waals surface area contributed by atoms with Gasteiger partial charge in [0.15, 0.2) is 0 Å². The fourth-order valence-corrected chi connectivity index (χ4v) is 1.70. The number of halogens is 1. The molecule has 0 saturated carbocycles. The standard InChI is InChI=1S/C9H12BrNO/c1-5-4-7(10)6(2)8(11)9(5)12-3/h4H,11H2,1-3H3. The highest BCUT2D eigenvalue weighted by atomic mass is 79.9. The van der Waals surface area contributed by atoms with Crippen LogP contribution in [0, 0.1) is 13.8 Å². The highest BCUT2D eigenvalue weighted by Crippen LogP contribution is 2.33. The lowest BCUT2D eigenvalue weighted by molar-refractivity contribution is 0.413. The Morgan fingerprint density at radius 2 is 2.00 bits per heavy atom. The number of benzene rings is 1. The van der Waals surface area contributed by atoms with E-state index in [2.05, 4.69) is 15.9 Å². The van der Waals surface area contributed by atoms with E-state index in [4.69, 9.17) is 10.5 Å². The minimum atomic E-state index is 0.712. The smallest absolute Gasteiger partial charge is 0.144 e. The van der Waals surface area contributed by atoms with E-state index >= 15 is 0 Å². The van der Waals surface area contributed by atoms with Crippen LogP contribution in [0.4, 0.5) is 5.69 Å². The highest BCUT2D eigenvalue weighted by Gasteiger charge is 2.08. The topological polar surface area (TPSA) is 35.2 Å². The molecule has 0 aliphatic carbocycles. The summed E-state index contributed by atoms with van der Waals surface area (Å²) in [6, 6.07) is 2.00. The summed E-state index contributed by atoms with van der Waals surface area (Å²) in [6.07, 6.45) is 0. The van der Waals surface area contributed by atoms with Crippen molar-refractivity contribution in [3.05, 3.63) is 21.7 Å². The number of ether oxygens (including phenoxy) is 1. The Hall–Kier alpha value is -0.700. The predicted molar refractivity (Wildman–Crippen MR) is 54.6 cm³/mol. The highest BCUT2D eigenvalue weighted by molar-refractivity contribution is 9.10. The molecule has 0 spiro atoms. The van der Waals surface area contributed by atoms with Gasteiger partial charge in [0.05, 0.1) is 12.8 Å². The van der Waals surface area contributed by atoms with Crippen molar-refractivity contribution in [2.45, 2.75) is 13.8 Å². The second-order valence-corrected chi connectivity index (χ2v) is 3.60. The summed E-state index contributed by atoms with van der Waals surface area (Å²) in [4.78, 5) is 0. The summed E-state index contributed by atoms with van der Waals surface area (Å²) >= 11 is 3.42. The molecule has 0 aromatic heterocycles. The Morgan fingerprint density at radius 3 is 2.50 bits per heavy atom. The average molecular weight is 230 g/mol. The van der Waals surface area contributed by atoms with Crippen molar-refractivity contribution in [3.63, 3.8) is 0 Å². The molecule has 1 aromatic carbocycles. The number of nitrogen functional groups attached to an aromatic ring is 1. The first-order valence-corrected chi connectivity index (χ1v) is 4.46. The van der Waals surface area contributed by atoms with Crippen LogP contribution in [0.15, 0.2) is 10.5 Å². The number of rotatable bonds is 1. The van der Waals surface area contributed by atoms with Crippen LogP contribution in [0.25, 0.3) is 0 Å². The van der Waals surface area contributed by atoms with Crippen molar-refractivity contribution in [1.29, 1.82) is 0 Å². The first-order valence-electron chi connectivity index (χ1n) is 3.67. The number of hydrogen-bond acceptors (Lipinski definition) is 2. The lowest BCUT2D eigenvalue weighted by Crippen LogP contribution is -1.98. The van der Waals surface area contributed by atoms with Gasteiger partial charge in [-0.2, -0.15) is 0 Å². The molecule has 0 fully saturated rings. The maximum Gasteiger partial charge on any atom is 0.144 e. The Labute approximate surface area is 80.8 Å². The SMILES string of the molecule is COc1c(C)cc(Br)c(C)c1N. The first-order chi connectivity index (χ1) is 5.57. The van der Waals surface area contributed by atoms with Gasteiger partial charge in [-0.3, -0.25) is 0 Å². The van der Waals surface area contributed by atoms with E-state index in [9.17, 15) is 0 Å². The molecule has 1 aromatic rings. The van der Waals surface area contributed by atoms with E-state index in [0.29, 0.717) is 5.69 Å². The zero-order valence-corrected chi connectivity index (χ0v) is 9.03. The van der Waals surface area contributed by atoms with Crippen molar-refractivity contribution >= 4 is 21.6 Å². The van der Waals surface area contributed by atoms with E-state index < -0.39 is 0 Å². The number of methoxy groups -OCH3 is 1. The maximum absolute atomic E-state index is 5.84. The molecule has 0 heterocycles. The molecule has 1 rings (SSSR count). The van der Waals surface area contributed by atoms with Crippen molar-refractivity contribution in [2.75, 3.05) is 12.8 Å². The zero-order chi connectivity index (χ0) is 9.30. The average Bonchev–Trinajstić information content (AvgIpc) is 2.01. The van der Waals surface area contributed by atoms with Crippen LogP contribution in [-0.2, 0) is 0 Å². The molecular weight excluding hydrogens is 218 g/mol. The van der Waals surface area contributed by atoms with Crippen LogP contribution in [0.2, 0.25) is 0 Å². The molecule has 3 heteroatoms. The van der Waals surface area contributed by atoms with Gasteiger partial charge in [0.1, 0.15) is 5.75 Å². The molecule has 2 nitrogen and oxygen atoms in total. The van der Waals surface area contributed by atoms with Gasteiger partial charge in [0.2, 0.25) is 0 Å². The normalized spacial score (nSPS) is 10.0. The molecule has 0 atom stereocenters. The van der Waals surface area contributed by atoms with Crippen molar-refractivity contribution < 1.29 is 4.74 Å². The summed E-state index contributed by atoms with van der Waals surface area (Å²) in [5.41, 5.74) is 8.63. The molecule has 0 bridgehead atoms. The number of anilines is 1. The molecule has 0 unspecified atom stereocenters. The van der Waals surface area contributed by atoms with Gasteiger partial charge in [0, 0.05) is 4.47 Å². The zero-order valence-electron chi connectivity index (χ0n) is 7.44. The molecule has 0 amide bonds. The van der Waals surface area contributed by atoms with Crippen LogP contribution in [0.1, 0.15) is 11.1 Å². The Balaban J connectivity index is 3.40. The van der Waals surface area contributed by atoms with Gasteiger partial charge >= 0.3 is 0 Å². The minimum absolute atomic E-state index is 0.712. The molecular formula is C9H12BrNO. The summed E-state index contributed by atoms with van der Waals surface area (Å²) in [7, 11) is 1.63. The number of aryl methyl sites for hydroxylation is 1. The van der Waals surface area contributed by atoms with Gasteiger partial charge in [0.25, 0.3) is 0 Å². The Bertz CT molecular complexity index is 310. The number of hydrogen-bond donors (Lipinski definition) is 1. The molecule has 12 heavy (non-hydrogen) atoms. The lowest BCUT2D eigenvalue weighted by atomic mass is 10.1. The van der Waals surface area contributed by atoms with Gasteiger partial charge in [-0.15, -0.1) is 0 Å². The Kier molecular flexibility index (Phi) is 2.62. The van der Waals surface area contributed by atoms with Crippen LogP contribution >= 0.6 is 15.9 Å². The van der Waals surface area contributed by atoms with Gasteiger partial charge in [-0.25, -0.2) is 0 Å². The molecule has 0 radical (unpaired) electrons. The third-order valence-corrected chi connectivity index (χ3v) is 2.74. The largest absolute Gasteiger partial charge is 0.494 e. The Morgan fingerprint density at radius 1 is 1.42 bits per heavy atom. The summed E-state index contributed by atoms with van der Waals surface area (Å²) in [6.45, 7) is 3.93. The van der Waals surface area contributed by atoms with Crippen LogP contribution in [-0.4, -0.2) is 7.11 Å². The van der Waals surface area contributed by atoms with Gasteiger partial charge in [-0.1, -0.05) is 15.9 Å². The maximum atomic E-state index is 5.84. The summed E-state index contributed by atoms with van der Waals surface area (Å²) < 4.78 is 6.19. The summed E-state index contributed by atoms with van der Waals surface area (Å²) in [5, 5.41) is 0. The third kappa shape index (κ3) is 1.41. The first kappa shape index (κ1) is 9.39. The van der Waals surface area contributed by atoms with Gasteiger partial charge in [-0.05, 0) is 31.0 Å². The molecule has 66 valence electrons. The minimum Gasteiger partial charge on any atom is -0.494 e. The summed E-state index contributed by atoms with van der Waals surface area (Å²) in [5.74, 6) is 0.774. The molecule has 2 N–H and O–H groups in total. The van der Waals surface area contributed by atoms with E-state index in [1.807, 2.05) is 19.9 Å². The fraction of sp³-hybridized carbons (Fsp3) is 0.333. The molecule has 0 saturated heterocycles. The van der Waals surface area contributed by atoms with Crippen LogP contribution < -0.4 is 10.5 Å². The van der Waals surface area contributed by atoms with Crippen molar-refractivity contribution in [3.8, 4) is 5.75 Å². The van der Waals surface area contributed by atoms with Crippen molar-refractivity contribution in [1.82, 2.24) is 0 Å². The van der Waals surface area contributed by atoms with E-state index in [0.717, 1.165) is 21.3 Å². The van der Waals surface area contributed by atoms with E-state index in [1.54, 1.807) is 7.11 Å². The van der Waals surface area contributed by atoms with E-state index in [1.165, 1.54) is 0 Å². The molecule has 0 aliphatic heterocycles. The predicted octanol–water partition coefficient (Wildman–Crippen LogP) is 2.66. The number of nitrogens with two attached hydrogens (primary N) is 1. The van der Waals surface area contributed by atoms with E-state index in [-0.39, 0.29) is 0 Å². The fourth-order valence-electron chi connectivity index (χ4n) is 1.15.